The number of nitrogen functional groups attached to an aromatic ring is 1. The lowest BCUT2D eigenvalue weighted by molar-refractivity contribution is -0.123. The standard InChI is InChI=1S/C13H21N3O2/c1-16(2)9-5-8-15-13(17)10-18-12-7-4-3-6-11(12)14/h3-4,6-7H,5,8-10,14H2,1-2H3,(H,15,17). The molecule has 0 unspecified atom stereocenters. The van der Waals surface area contributed by atoms with Crippen molar-refractivity contribution < 1.29 is 9.53 Å². The molecular weight excluding hydrogens is 230 g/mol. The SMILES string of the molecule is CN(C)CCCNC(=O)COc1ccccc1N. The zero-order valence-electron chi connectivity index (χ0n) is 11.0. The van der Waals surface area contributed by atoms with E-state index in [0.717, 1.165) is 13.0 Å². The molecule has 3 N–H and O–H groups in total. The van der Waals surface area contributed by atoms with E-state index >= 15 is 0 Å². The average Bonchev–Trinajstić information content (AvgIpc) is 2.33. The second kappa shape index (κ2) is 7.55. The van der Waals surface area contributed by atoms with Crippen molar-refractivity contribution in [1.29, 1.82) is 0 Å². The van der Waals surface area contributed by atoms with E-state index in [1.54, 1.807) is 12.1 Å². The number of nitrogens with two attached hydrogens (primary N) is 1. The molecule has 0 heterocycles. The molecule has 100 valence electrons. The molecule has 0 saturated carbocycles. The van der Waals surface area contributed by atoms with Crippen molar-refractivity contribution in [2.75, 3.05) is 39.5 Å². The molecule has 0 spiro atoms. The van der Waals surface area contributed by atoms with Crippen molar-refractivity contribution in [3.8, 4) is 5.75 Å². The molecule has 0 atom stereocenters. The van der Waals surface area contributed by atoms with E-state index in [1.165, 1.54) is 0 Å². The number of para-hydroxylation sites is 2. The Hall–Kier alpha value is -1.75. The Kier molecular flexibility index (Phi) is 6.00. The summed E-state index contributed by atoms with van der Waals surface area (Å²) in [5, 5.41) is 2.80. The van der Waals surface area contributed by atoms with Gasteiger partial charge in [0.25, 0.3) is 5.91 Å². The molecule has 1 amide bonds. The summed E-state index contributed by atoms with van der Waals surface area (Å²) < 4.78 is 5.33. The molecule has 0 saturated heterocycles. The fourth-order valence-corrected chi connectivity index (χ4v) is 1.43. The van der Waals surface area contributed by atoms with Crippen LogP contribution >= 0.6 is 0 Å². The van der Waals surface area contributed by atoms with Gasteiger partial charge >= 0.3 is 0 Å². The van der Waals surface area contributed by atoms with E-state index in [1.807, 2.05) is 26.2 Å². The molecule has 5 nitrogen and oxygen atoms in total. The van der Waals surface area contributed by atoms with E-state index in [2.05, 4.69) is 10.2 Å². The van der Waals surface area contributed by atoms with Crippen LogP contribution in [0.2, 0.25) is 0 Å². The highest BCUT2D eigenvalue weighted by molar-refractivity contribution is 5.77. The number of hydrogen-bond acceptors (Lipinski definition) is 4. The van der Waals surface area contributed by atoms with E-state index in [9.17, 15) is 4.79 Å². The summed E-state index contributed by atoms with van der Waals surface area (Å²) in [4.78, 5) is 13.6. The average molecular weight is 251 g/mol. The van der Waals surface area contributed by atoms with Gasteiger partial charge in [0.05, 0.1) is 5.69 Å². The van der Waals surface area contributed by atoms with Gasteiger partial charge in [-0.1, -0.05) is 12.1 Å². The molecule has 0 aliphatic heterocycles. The monoisotopic (exact) mass is 251 g/mol. The third-order valence-corrected chi connectivity index (χ3v) is 2.38. The van der Waals surface area contributed by atoms with Crippen LogP contribution in [-0.2, 0) is 4.79 Å². The predicted octanol–water partition coefficient (Wildman–Crippen LogP) is 0.716. The quantitative estimate of drug-likeness (QED) is 0.553. The number of ether oxygens (including phenoxy) is 1. The molecule has 18 heavy (non-hydrogen) atoms. The molecule has 0 aromatic heterocycles. The zero-order valence-corrected chi connectivity index (χ0v) is 11.0. The largest absolute Gasteiger partial charge is 0.482 e. The number of carbonyl (C=O) groups is 1. The normalized spacial score (nSPS) is 10.4. The van der Waals surface area contributed by atoms with Gasteiger partial charge in [-0.25, -0.2) is 0 Å². The first-order valence-electron chi connectivity index (χ1n) is 5.98. The van der Waals surface area contributed by atoms with Crippen molar-refractivity contribution >= 4 is 11.6 Å². The first-order valence-corrected chi connectivity index (χ1v) is 5.98. The molecule has 0 aliphatic rings. The Morgan fingerprint density at radius 1 is 1.39 bits per heavy atom. The van der Waals surface area contributed by atoms with Crippen LogP contribution in [0.15, 0.2) is 24.3 Å². The van der Waals surface area contributed by atoms with Gasteiger partial charge in [0.15, 0.2) is 6.61 Å². The molecule has 5 heteroatoms. The molecule has 1 rings (SSSR count). The summed E-state index contributed by atoms with van der Waals surface area (Å²) in [5.74, 6) is 0.415. The number of benzene rings is 1. The van der Waals surface area contributed by atoms with E-state index in [4.69, 9.17) is 10.5 Å². The second-order valence-corrected chi connectivity index (χ2v) is 4.33. The minimum Gasteiger partial charge on any atom is -0.482 e. The maximum Gasteiger partial charge on any atom is 0.257 e. The lowest BCUT2D eigenvalue weighted by Gasteiger charge is -2.11. The predicted molar refractivity (Wildman–Crippen MR) is 72.5 cm³/mol. The summed E-state index contributed by atoms with van der Waals surface area (Å²) >= 11 is 0. The fraction of sp³-hybridized carbons (Fsp3) is 0.462. The van der Waals surface area contributed by atoms with Crippen LogP contribution in [0, 0.1) is 0 Å². The van der Waals surface area contributed by atoms with Gasteiger partial charge in [-0.15, -0.1) is 0 Å². The number of nitrogens with one attached hydrogen (secondary N) is 1. The van der Waals surface area contributed by atoms with Crippen molar-refractivity contribution in [3.05, 3.63) is 24.3 Å². The van der Waals surface area contributed by atoms with E-state index in [0.29, 0.717) is 18.0 Å². The molecular formula is C13H21N3O2. The summed E-state index contributed by atoms with van der Waals surface area (Å²) in [7, 11) is 4.01. The lowest BCUT2D eigenvalue weighted by atomic mass is 10.3. The Morgan fingerprint density at radius 3 is 2.78 bits per heavy atom. The van der Waals surface area contributed by atoms with Gasteiger partial charge in [0, 0.05) is 6.54 Å². The molecule has 0 aliphatic carbocycles. The van der Waals surface area contributed by atoms with Crippen molar-refractivity contribution in [3.63, 3.8) is 0 Å². The van der Waals surface area contributed by atoms with Crippen LogP contribution in [-0.4, -0.2) is 44.6 Å². The number of anilines is 1. The van der Waals surface area contributed by atoms with Gasteiger partial charge in [0.1, 0.15) is 5.75 Å². The Morgan fingerprint density at radius 2 is 2.11 bits per heavy atom. The van der Waals surface area contributed by atoms with E-state index in [-0.39, 0.29) is 12.5 Å². The highest BCUT2D eigenvalue weighted by Gasteiger charge is 2.04. The summed E-state index contributed by atoms with van der Waals surface area (Å²) in [6, 6.07) is 7.13. The Bertz CT molecular complexity index is 380. The minimum absolute atomic E-state index is 0.00379. The van der Waals surface area contributed by atoms with Crippen LogP contribution in [0.25, 0.3) is 0 Å². The maximum absolute atomic E-state index is 11.5. The maximum atomic E-state index is 11.5. The van der Waals surface area contributed by atoms with Gasteiger partial charge in [-0.3, -0.25) is 4.79 Å². The third kappa shape index (κ3) is 5.54. The van der Waals surface area contributed by atoms with Crippen LogP contribution in [0.1, 0.15) is 6.42 Å². The summed E-state index contributed by atoms with van der Waals surface area (Å²) in [6.07, 6.45) is 0.923. The highest BCUT2D eigenvalue weighted by Crippen LogP contribution is 2.19. The molecule has 1 aromatic rings. The van der Waals surface area contributed by atoms with Gasteiger partial charge < -0.3 is 20.7 Å². The second-order valence-electron chi connectivity index (χ2n) is 4.33. The molecule has 0 fully saturated rings. The van der Waals surface area contributed by atoms with Crippen LogP contribution in [0.3, 0.4) is 0 Å². The first-order chi connectivity index (χ1) is 8.59. The van der Waals surface area contributed by atoms with Crippen LogP contribution in [0.4, 0.5) is 5.69 Å². The molecule has 0 radical (unpaired) electrons. The van der Waals surface area contributed by atoms with Crippen molar-refractivity contribution in [1.82, 2.24) is 10.2 Å². The Balaban J connectivity index is 2.19. The smallest absolute Gasteiger partial charge is 0.257 e. The number of nitrogens with zero attached hydrogens (tertiary/aromatic N) is 1. The zero-order chi connectivity index (χ0) is 13.4. The van der Waals surface area contributed by atoms with Crippen molar-refractivity contribution in [2.45, 2.75) is 6.42 Å². The number of rotatable bonds is 7. The first kappa shape index (κ1) is 14.3. The van der Waals surface area contributed by atoms with Gasteiger partial charge in [-0.2, -0.15) is 0 Å². The number of hydrogen-bond donors (Lipinski definition) is 2. The number of amides is 1. The highest BCUT2D eigenvalue weighted by atomic mass is 16.5. The van der Waals surface area contributed by atoms with Gasteiger partial charge in [-0.05, 0) is 39.2 Å². The van der Waals surface area contributed by atoms with Crippen molar-refractivity contribution in [2.24, 2.45) is 0 Å². The van der Waals surface area contributed by atoms with Crippen LogP contribution in [0.5, 0.6) is 5.75 Å². The fourth-order valence-electron chi connectivity index (χ4n) is 1.43. The summed E-state index contributed by atoms with van der Waals surface area (Å²) in [6.45, 7) is 1.60. The Labute approximate surface area is 108 Å². The number of carbonyl (C=O) groups excluding carboxylic acids is 1. The van der Waals surface area contributed by atoms with Crippen LogP contribution < -0.4 is 15.8 Å². The summed E-state index contributed by atoms with van der Waals surface area (Å²) in [5.41, 5.74) is 6.24. The van der Waals surface area contributed by atoms with Gasteiger partial charge in [0.2, 0.25) is 0 Å². The van der Waals surface area contributed by atoms with E-state index < -0.39 is 0 Å². The lowest BCUT2D eigenvalue weighted by Crippen LogP contribution is -2.31. The topological polar surface area (TPSA) is 67.6 Å². The molecule has 1 aromatic carbocycles. The molecule has 0 bridgehead atoms. The minimum atomic E-state index is -0.128. The third-order valence-electron chi connectivity index (χ3n) is 2.38.